The fourth-order valence-electron chi connectivity index (χ4n) is 4.84. The first-order valence-corrected chi connectivity index (χ1v) is 13.9. The summed E-state index contributed by atoms with van der Waals surface area (Å²) in [7, 11) is 0. The molecule has 0 amide bonds. The Labute approximate surface area is 221 Å². The van der Waals surface area contributed by atoms with Crippen LogP contribution in [0.4, 0.5) is 11.5 Å². The minimum Gasteiger partial charge on any atom is -0.462 e. The van der Waals surface area contributed by atoms with Crippen LogP contribution in [-0.4, -0.2) is 65.4 Å². The van der Waals surface area contributed by atoms with Gasteiger partial charge in [0, 0.05) is 42.3 Å². The standard InChI is InChI=1S/C29H43N7O/c1-5-7-16-36(13-6-2)28-20-25(32-29(33-28)37-18-17-35-14-9-8-10-15-35)21-30-34-24-11-12-27-26(19-24)22(3)23(4)31-27/h11-12,19-21,31,34H,5-10,13-18H2,1-4H3/b30-21+. The summed E-state index contributed by atoms with van der Waals surface area (Å²) in [6, 6.07) is 8.68. The molecular weight excluding hydrogens is 462 g/mol. The molecule has 2 N–H and O–H groups in total. The molecule has 0 unspecified atom stereocenters. The van der Waals surface area contributed by atoms with Gasteiger partial charge in [0.15, 0.2) is 0 Å². The molecule has 8 heteroatoms. The van der Waals surface area contributed by atoms with Gasteiger partial charge in [-0.2, -0.15) is 15.1 Å². The number of H-pyrrole nitrogens is 1. The van der Waals surface area contributed by atoms with Crippen LogP contribution in [0, 0.1) is 13.8 Å². The van der Waals surface area contributed by atoms with Gasteiger partial charge in [0.2, 0.25) is 0 Å². The van der Waals surface area contributed by atoms with E-state index in [1.165, 1.54) is 35.9 Å². The van der Waals surface area contributed by atoms with Gasteiger partial charge >= 0.3 is 6.01 Å². The number of anilines is 2. The van der Waals surface area contributed by atoms with E-state index in [1.807, 2.05) is 12.1 Å². The highest BCUT2D eigenvalue weighted by Crippen LogP contribution is 2.24. The lowest BCUT2D eigenvalue weighted by molar-refractivity contribution is 0.177. The van der Waals surface area contributed by atoms with Gasteiger partial charge in [-0.25, -0.2) is 0 Å². The molecule has 0 bridgehead atoms. The van der Waals surface area contributed by atoms with Gasteiger partial charge in [-0.1, -0.05) is 26.7 Å². The predicted molar refractivity (Wildman–Crippen MR) is 154 cm³/mol. The van der Waals surface area contributed by atoms with Gasteiger partial charge in [0.25, 0.3) is 0 Å². The number of likely N-dealkylation sites (tertiary alicyclic amines) is 1. The van der Waals surface area contributed by atoms with Crippen LogP contribution in [-0.2, 0) is 0 Å². The molecule has 0 atom stereocenters. The van der Waals surface area contributed by atoms with Gasteiger partial charge in [-0.05, 0) is 76.4 Å². The molecule has 4 rings (SSSR count). The Morgan fingerprint density at radius 1 is 1.08 bits per heavy atom. The largest absolute Gasteiger partial charge is 0.462 e. The van der Waals surface area contributed by atoms with E-state index in [-0.39, 0.29) is 0 Å². The van der Waals surface area contributed by atoms with Crippen molar-refractivity contribution in [1.82, 2.24) is 19.9 Å². The van der Waals surface area contributed by atoms with Crippen molar-refractivity contribution < 1.29 is 4.74 Å². The lowest BCUT2D eigenvalue weighted by atomic mass is 10.1. The first kappa shape index (κ1) is 26.9. The minimum atomic E-state index is 0.424. The monoisotopic (exact) mass is 505 g/mol. The van der Waals surface area contributed by atoms with Gasteiger partial charge in [0.05, 0.1) is 17.6 Å². The zero-order valence-electron chi connectivity index (χ0n) is 23.0. The number of hydrogen-bond acceptors (Lipinski definition) is 7. The number of nitrogens with zero attached hydrogens (tertiary/aromatic N) is 5. The molecule has 3 heterocycles. The number of nitrogens with one attached hydrogen (secondary N) is 2. The summed E-state index contributed by atoms with van der Waals surface area (Å²) >= 11 is 0. The van der Waals surface area contributed by atoms with E-state index < -0.39 is 0 Å². The summed E-state index contributed by atoms with van der Waals surface area (Å²) in [5.74, 6) is 0.902. The van der Waals surface area contributed by atoms with E-state index in [0.717, 1.165) is 74.7 Å². The third-order valence-corrected chi connectivity index (χ3v) is 7.10. The summed E-state index contributed by atoms with van der Waals surface area (Å²) in [4.78, 5) is 17.7. The van der Waals surface area contributed by atoms with Crippen LogP contribution >= 0.6 is 0 Å². The molecule has 1 aliphatic rings. The van der Waals surface area contributed by atoms with Gasteiger partial charge < -0.3 is 14.6 Å². The summed E-state index contributed by atoms with van der Waals surface area (Å²) < 4.78 is 6.08. The number of aromatic nitrogens is 3. The molecular formula is C29H43N7O. The summed E-state index contributed by atoms with van der Waals surface area (Å²) in [5, 5.41) is 5.71. The molecule has 1 saturated heterocycles. The fraction of sp³-hybridized carbons (Fsp3) is 0.552. The van der Waals surface area contributed by atoms with E-state index in [9.17, 15) is 0 Å². The third kappa shape index (κ3) is 7.44. The number of piperidine rings is 1. The summed E-state index contributed by atoms with van der Waals surface area (Å²) in [5.41, 5.74) is 8.43. The van der Waals surface area contributed by atoms with Crippen LogP contribution in [0.3, 0.4) is 0 Å². The molecule has 3 aromatic rings. The number of hydrogen-bond donors (Lipinski definition) is 2. The van der Waals surface area contributed by atoms with E-state index >= 15 is 0 Å². The maximum absolute atomic E-state index is 6.08. The van der Waals surface area contributed by atoms with E-state index in [2.05, 4.69) is 70.1 Å². The first-order valence-electron chi connectivity index (χ1n) is 13.9. The predicted octanol–water partition coefficient (Wildman–Crippen LogP) is 5.90. The molecule has 0 aliphatic carbocycles. The van der Waals surface area contributed by atoms with Gasteiger partial charge in [-0.3, -0.25) is 10.3 Å². The van der Waals surface area contributed by atoms with Gasteiger partial charge in [-0.15, -0.1) is 0 Å². The molecule has 200 valence electrons. The number of hydrazone groups is 1. The van der Waals surface area contributed by atoms with E-state index in [1.54, 1.807) is 6.21 Å². The number of aromatic amines is 1. The van der Waals surface area contributed by atoms with Crippen molar-refractivity contribution in [3.05, 3.63) is 41.2 Å². The second-order valence-electron chi connectivity index (χ2n) is 10.0. The average molecular weight is 506 g/mol. The van der Waals surface area contributed by atoms with Crippen LogP contribution in [0.15, 0.2) is 29.4 Å². The zero-order valence-corrected chi connectivity index (χ0v) is 23.0. The Morgan fingerprint density at radius 2 is 1.92 bits per heavy atom. The summed E-state index contributed by atoms with van der Waals surface area (Å²) in [6.07, 6.45) is 8.98. The summed E-state index contributed by atoms with van der Waals surface area (Å²) in [6.45, 7) is 14.4. The number of fused-ring (bicyclic) bond motifs is 1. The number of unbranched alkanes of at least 4 members (excludes halogenated alkanes) is 1. The second kappa shape index (κ2) is 13.4. The maximum atomic E-state index is 6.08. The minimum absolute atomic E-state index is 0.424. The lowest BCUT2D eigenvalue weighted by Gasteiger charge is -2.26. The van der Waals surface area contributed by atoms with E-state index in [0.29, 0.717) is 12.6 Å². The van der Waals surface area contributed by atoms with Crippen LogP contribution in [0.1, 0.15) is 69.3 Å². The Balaban J connectivity index is 1.49. The van der Waals surface area contributed by atoms with Crippen molar-refractivity contribution in [1.29, 1.82) is 0 Å². The van der Waals surface area contributed by atoms with Crippen LogP contribution in [0.5, 0.6) is 6.01 Å². The third-order valence-electron chi connectivity index (χ3n) is 7.10. The maximum Gasteiger partial charge on any atom is 0.319 e. The molecule has 0 spiro atoms. The SMILES string of the molecule is CCCCN(CCC)c1cc(/C=N/Nc2ccc3[nH]c(C)c(C)c3c2)nc(OCCN2CCCCC2)n1. The average Bonchev–Trinajstić information content (AvgIpc) is 3.20. The number of rotatable bonds is 13. The lowest BCUT2D eigenvalue weighted by Crippen LogP contribution is -2.33. The highest BCUT2D eigenvalue weighted by molar-refractivity contribution is 5.87. The highest BCUT2D eigenvalue weighted by atomic mass is 16.5. The van der Waals surface area contributed by atoms with Crippen molar-refractivity contribution in [2.75, 3.05) is 49.7 Å². The van der Waals surface area contributed by atoms with Crippen molar-refractivity contribution in [2.24, 2.45) is 5.10 Å². The number of ether oxygens (including phenoxy) is 1. The molecule has 1 fully saturated rings. The molecule has 0 saturated carbocycles. The van der Waals surface area contributed by atoms with Crippen LogP contribution in [0.25, 0.3) is 10.9 Å². The normalized spacial score (nSPS) is 14.5. The Bertz CT molecular complexity index is 1170. The zero-order chi connectivity index (χ0) is 26.0. The van der Waals surface area contributed by atoms with Crippen molar-refractivity contribution in [3.63, 3.8) is 0 Å². The van der Waals surface area contributed by atoms with Crippen molar-refractivity contribution in [3.8, 4) is 6.01 Å². The molecule has 8 nitrogen and oxygen atoms in total. The molecule has 37 heavy (non-hydrogen) atoms. The first-order chi connectivity index (χ1) is 18.1. The Morgan fingerprint density at radius 3 is 2.70 bits per heavy atom. The number of aryl methyl sites for hydroxylation is 2. The van der Waals surface area contributed by atoms with E-state index in [4.69, 9.17) is 9.72 Å². The molecule has 2 aromatic heterocycles. The Hall–Kier alpha value is -3.13. The molecule has 1 aromatic carbocycles. The van der Waals surface area contributed by atoms with Crippen LogP contribution < -0.4 is 15.1 Å². The number of benzene rings is 1. The topological polar surface area (TPSA) is 81.7 Å². The van der Waals surface area contributed by atoms with Crippen molar-refractivity contribution >= 4 is 28.6 Å². The van der Waals surface area contributed by atoms with Gasteiger partial charge in [0.1, 0.15) is 12.4 Å². The smallest absolute Gasteiger partial charge is 0.319 e. The Kier molecular flexibility index (Phi) is 9.77. The second-order valence-corrected chi connectivity index (χ2v) is 10.0. The van der Waals surface area contributed by atoms with Crippen LogP contribution in [0.2, 0.25) is 0 Å². The van der Waals surface area contributed by atoms with Crippen molar-refractivity contribution in [2.45, 2.75) is 66.2 Å². The molecule has 0 radical (unpaired) electrons. The molecule has 1 aliphatic heterocycles. The fourth-order valence-corrected chi connectivity index (χ4v) is 4.84. The highest BCUT2D eigenvalue weighted by Gasteiger charge is 2.14. The quantitative estimate of drug-likeness (QED) is 0.222.